The van der Waals surface area contributed by atoms with Crippen LogP contribution in [0.4, 0.5) is 0 Å². The molecule has 0 aromatic carbocycles. The molecule has 20 heavy (non-hydrogen) atoms. The van der Waals surface area contributed by atoms with Crippen LogP contribution in [0.25, 0.3) is 0 Å². The van der Waals surface area contributed by atoms with Gasteiger partial charge in [0.1, 0.15) is 4.21 Å². The monoisotopic (exact) mass is 316 g/mol. The Labute approximate surface area is 123 Å². The summed E-state index contributed by atoms with van der Waals surface area (Å²) >= 11 is 0.974. The van der Waals surface area contributed by atoms with Crippen LogP contribution in [0.3, 0.4) is 0 Å². The number of nitrogens with one attached hydrogen (secondary N) is 1. The van der Waals surface area contributed by atoms with Crippen LogP contribution in [0.1, 0.15) is 43.5 Å². The van der Waals surface area contributed by atoms with Crippen molar-refractivity contribution in [2.45, 2.75) is 43.4 Å². The van der Waals surface area contributed by atoms with Crippen molar-refractivity contribution in [2.75, 3.05) is 0 Å². The fourth-order valence-electron chi connectivity index (χ4n) is 2.92. The molecule has 5 nitrogen and oxygen atoms in total. The molecule has 0 spiro atoms. The van der Waals surface area contributed by atoms with Gasteiger partial charge in [0.25, 0.3) is 5.91 Å². The fourth-order valence-corrected chi connectivity index (χ4v) is 4.50. The van der Waals surface area contributed by atoms with Crippen molar-refractivity contribution in [3.05, 3.63) is 17.0 Å². The van der Waals surface area contributed by atoms with E-state index in [9.17, 15) is 13.2 Å². The summed E-state index contributed by atoms with van der Waals surface area (Å²) < 4.78 is 22.4. The van der Waals surface area contributed by atoms with Gasteiger partial charge in [-0.1, -0.05) is 13.8 Å². The highest BCUT2D eigenvalue weighted by molar-refractivity contribution is 7.91. The van der Waals surface area contributed by atoms with Crippen LogP contribution in [0.5, 0.6) is 0 Å². The molecular weight excluding hydrogens is 296 g/mol. The Balaban J connectivity index is 2.03. The molecular formula is C13H20N2O3S2. The van der Waals surface area contributed by atoms with Crippen molar-refractivity contribution >= 4 is 27.3 Å². The molecule has 1 aliphatic rings. The van der Waals surface area contributed by atoms with E-state index in [0.29, 0.717) is 17.4 Å². The Bertz CT molecular complexity index is 585. The van der Waals surface area contributed by atoms with Crippen molar-refractivity contribution < 1.29 is 13.2 Å². The first-order valence-corrected chi connectivity index (χ1v) is 9.10. The van der Waals surface area contributed by atoms with Gasteiger partial charge in [-0.25, -0.2) is 13.6 Å². The Morgan fingerprint density at radius 3 is 2.40 bits per heavy atom. The van der Waals surface area contributed by atoms with Crippen molar-refractivity contribution in [3.63, 3.8) is 0 Å². The second kappa shape index (κ2) is 5.83. The quantitative estimate of drug-likeness (QED) is 0.893. The molecule has 1 aliphatic carbocycles. The minimum absolute atomic E-state index is 0.0213. The third-order valence-corrected chi connectivity index (χ3v) is 6.02. The maximum atomic E-state index is 12.1. The molecule has 1 fully saturated rings. The van der Waals surface area contributed by atoms with Gasteiger partial charge in [0.05, 0.1) is 5.56 Å². The van der Waals surface area contributed by atoms with Crippen LogP contribution in [-0.2, 0) is 10.0 Å². The van der Waals surface area contributed by atoms with Crippen molar-refractivity contribution in [3.8, 4) is 0 Å². The number of nitrogens with two attached hydrogens (primary N) is 1. The van der Waals surface area contributed by atoms with Crippen molar-refractivity contribution in [1.82, 2.24) is 5.32 Å². The number of hydrogen-bond acceptors (Lipinski definition) is 4. The Morgan fingerprint density at radius 2 is 1.90 bits per heavy atom. The van der Waals surface area contributed by atoms with Gasteiger partial charge in [0.2, 0.25) is 10.0 Å². The van der Waals surface area contributed by atoms with Gasteiger partial charge in [-0.2, -0.15) is 0 Å². The molecule has 2 atom stereocenters. The topological polar surface area (TPSA) is 89.3 Å². The Kier molecular flexibility index (Phi) is 4.51. The second-order valence-electron chi connectivity index (χ2n) is 5.79. The lowest BCUT2D eigenvalue weighted by atomic mass is 9.80. The third kappa shape index (κ3) is 3.80. The van der Waals surface area contributed by atoms with E-state index in [1.807, 2.05) is 0 Å². The number of thiophene rings is 1. The first-order valence-electron chi connectivity index (χ1n) is 6.68. The molecule has 0 bridgehead atoms. The number of rotatable bonds is 3. The number of carbonyl (C=O) groups excluding carboxylic acids is 1. The van der Waals surface area contributed by atoms with Crippen molar-refractivity contribution in [1.29, 1.82) is 0 Å². The highest BCUT2D eigenvalue weighted by Gasteiger charge is 2.26. The molecule has 1 aromatic heterocycles. The summed E-state index contributed by atoms with van der Waals surface area (Å²) in [5.74, 6) is 0.987. The lowest BCUT2D eigenvalue weighted by Crippen LogP contribution is -2.39. The summed E-state index contributed by atoms with van der Waals surface area (Å²) in [4.78, 5) is 12.1. The van der Waals surface area contributed by atoms with Crippen LogP contribution in [-0.4, -0.2) is 20.4 Å². The molecule has 0 aliphatic heterocycles. The third-order valence-electron chi connectivity index (χ3n) is 3.63. The second-order valence-corrected chi connectivity index (χ2v) is 8.49. The van der Waals surface area contributed by atoms with Gasteiger partial charge in [0.15, 0.2) is 0 Å². The first-order chi connectivity index (χ1) is 9.25. The van der Waals surface area contributed by atoms with E-state index in [2.05, 4.69) is 19.2 Å². The van der Waals surface area contributed by atoms with E-state index < -0.39 is 10.0 Å². The van der Waals surface area contributed by atoms with E-state index in [1.54, 1.807) is 0 Å². The molecule has 1 aromatic rings. The largest absolute Gasteiger partial charge is 0.349 e. The highest BCUT2D eigenvalue weighted by Crippen LogP contribution is 2.29. The maximum Gasteiger partial charge on any atom is 0.252 e. The molecule has 0 radical (unpaired) electrons. The van der Waals surface area contributed by atoms with E-state index in [4.69, 9.17) is 5.14 Å². The zero-order valence-electron chi connectivity index (χ0n) is 11.6. The SMILES string of the molecule is CC1CC(C)CC(NC(=O)c2csc(S(N)(=O)=O)c2)C1. The van der Waals surface area contributed by atoms with E-state index in [-0.39, 0.29) is 16.2 Å². The summed E-state index contributed by atoms with van der Waals surface area (Å²) in [6, 6.07) is 1.50. The van der Waals surface area contributed by atoms with E-state index in [1.165, 1.54) is 17.9 Å². The summed E-state index contributed by atoms with van der Waals surface area (Å²) in [6.07, 6.45) is 3.14. The first kappa shape index (κ1) is 15.5. The molecule has 2 unspecified atom stereocenters. The predicted molar refractivity (Wildman–Crippen MR) is 79.1 cm³/mol. The zero-order chi connectivity index (χ0) is 14.9. The van der Waals surface area contributed by atoms with Gasteiger partial charge in [-0.3, -0.25) is 4.79 Å². The van der Waals surface area contributed by atoms with Gasteiger partial charge >= 0.3 is 0 Å². The highest BCUT2D eigenvalue weighted by atomic mass is 32.2. The van der Waals surface area contributed by atoms with Crippen LogP contribution in [0.15, 0.2) is 15.7 Å². The van der Waals surface area contributed by atoms with Gasteiger partial charge < -0.3 is 5.32 Å². The lowest BCUT2D eigenvalue weighted by molar-refractivity contribution is 0.0911. The lowest BCUT2D eigenvalue weighted by Gasteiger charge is -2.31. The number of amides is 1. The Hall–Kier alpha value is -0.920. The van der Waals surface area contributed by atoms with Crippen LogP contribution >= 0.6 is 11.3 Å². The van der Waals surface area contributed by atoms with E-state index in [0.717, 1.165) is 24.2 Å². The molecule has 7 heteroatoms. The number of hydrogen-bond donors (Lipinski definition) is 2. The molecule has 1 heterocycles. The average molecular weight is 316 g/mol. The summed E-state index contributed by atoms with van der Waals surface area (Å²) in [7, 11) is -3.73. The number of sulfonamides is 1. The van der Waals surface area contributed by atoms with Gasteiger partial charge in [0, 0.05) is 11.4 Å². The number of carbonyl (C=O) groups is 1. The Morgan fingerprint density at radius 1 is 1.30 bits per heavy atom. The van der Waals surface area contributed by atoms with Crippen LogP contribution in [0.2, 0.25) is 0 Å². The summed E-state index contributed by atoms with van der Waals surface area (Å²) in [5, 5.41) is 9.57. The van der Waals surface area contributed by atoms with Gasteiger partial charge in [-0.15, -0.1) is 11.3 Å². The average Bonchev–Trinajstić information content (AvgIpc) is 2.75. The fraction of sp³-hybridized carbons (Fsp3) is 0.615. The minimum Gasteiger partial charge on any atom is -0.349 e. The molecule has 0 saturated heterocycles. The van der Waals surface area contributed by atoms with E-state index >= 15 is 0 Å². The number of primary sulfonamides is 1. The maximum absolute atomic E-state index is 12.1. The van der Waals surface area contributed by atoms with Crippen LogP contribution in [0, 0.1) is 11.8 Å². The smallest absolute Gasteiger partial charge is 0.252 e. The standard InChI is InChI=1S/C13H20N2O3S2/c1-8-3-9(2)5-11(4-8)15-13(16)10-6-12(19-7-10)20(14,17)18/h6-9,11H,3-5H2,1-2H3,(H,15,16)(H2,14,17,18). The zero-order valence-corrected chi connectivity index (χ0v) is 13.3. The molecule has 3 N–H and O–H groups in total. The minimum atomic E-state index is -3.73. The molecule has 1 saturated carbocycles. The summed E-state index contributed by atoms with van der Waals surface area (Å²) in [5.41, 5.74) is 0.366. The summed E-state index contributed by atoms with van der Waals surface area (Å²) in [6.45, 7) is 4.39. The van der Waals surface area contributed by atoms with Gasteiger partial charge in [-0.05, 0) is 37.2 Å². The predicted octanol–water partition coefficient (Wildman–Crippen LogP) is 1.95. The molecule has 112 valence electrons. The molecule has 2 rings (SSSR count). The van der Waals surface area contributed by atoms with Crippen molar-refractivity contribution in [2.24, 2.45) is 17.0 Å². The molecule has 1 amide bonds. The van der Waals surface area contributed by atoms with Crippen LogP contribution < -0.4 is 10.5 Å². The normalized spacial score (nSPS) is 27.2.